The fourth-order valence-electron chi connectivity index (χ4n) is 5.77. The van der Waals surface area contributed by atoms with Gasteiger partial charge in [0.25, 0.3) is 0 Å². The molecule has 10 heteroatoms. The summed E-state index contributed by atoms with van der Waals surface area (Å²) in [4.78, 5) is 41.5. The Morgan fingerprint density at radius 1 is 1.34 bits per heavy atom. The Labute approximate surface area is 228 Å². The van der Waals surface area contributed by atoms with E-state index >= 15 is 0 Å². The van der Waals surface area contributed by atoms with Gasteiger partial charge in [-0.1, -0.05) is 25.6 Å². The summed E-state index contributed by atoms with van der Waals surface area (Å²) in [6.45, 7) is 9.15. The molecule has 0 bridgehead atoms. The lowest BCUT2D eigenvalue weighted by Crippen LogP contribution is -2.56. The standard InChI is InChI=1S/C28H37N5O4S/c1-5-13-37-27(36)25-22(16-29)28(25)33(7-3)26(35)21-12-11-20(15-23(21)38-28)30-18-9-8-10-19(14-18)31-24(34)17-32(4)6-2/h5,8-10,14,20-23,25,30H,1,6-7,11-13,15,17H2,2-4H3,(H,31,34). The average Bonchev–Trinajstić information content (AvgIpc) is 3.53. The van der Waals surface area contributed by atoms with Crippen molar-refractivity contribution in [2.75, 3.05) is 43.9 Å². The van der Waals surface area contributed by atoms with E-state index in [1.54, 1.807) is 16.7 Å². The summed E-state index contributed by atoms with van der Waals surface area (Å²) in [6, 6.07) is 10.1. The summed E-state index contributed by atoms with van der Waals surface area (Å²) in [5, 5.41) is 16.4. The summed E-state index contributed by atoms with van der Waals surface area (Å²) in [5.41, 5.74) is 1.63. The molecule has 3 fully saturated rings. The monoisotopic (exact) mass is 539 g/mol. The van der Waals surface area contributed by atoms with Gasteiger partial charge in [0.05, 0.1) is 24.4 Å². The number of thioether (sulfide) groups is 1. The van der Waals surface area contributed by atoms with Crippen molar-refractivity contribution in [1.82, 2.24) is 9.80 Å². The minimum absolute atomic E-state index is 0.00271. The van der Waals surface area contributed by atoms with E-state index in [9.17, 15) is 19.6 Å². The molecule has 1 heterocycles. The number of carbonyl (C=O) groups excluding carboxylic acids is 3. The van der Waals surface area contributed by atoms with Crippen LogP contribution < -0.4 is 10.6 Å². The van der Waals surface area contributed by atoms with Gasteiger partial charge in [0.1, 0.15) is 17.4 Å². The van der Waals surface area contributed by atoms with Crippen LogP contribution in [-0.4, -0.2) is 77.0 Å². The van der Waals surface area contributed by atoms with Crippen LogP contribution >= 0.6 is 11.8 Å². The number of rotatable bonds is 10. The van der Waals surface area contributed by atoms with Gasteiger partial charge in [0.2, 0.25) is 11.8 Å². The largest absolute Gasteiger partial charge is 0.461 e. The number of likely N-dealkylation sites (N-methyl/N-ethyl adjacent to an activating group) is 1. The van der Waals surface area contributed by atoms with Crippen molar-refractivity contribution < 1.29 is 19.1 Å². The minimum atomic E-state index is -0.863. The molecular weight excluding hydrogens is 502 g/mol. The molecule has 204 valence electrons. The first-order valence-corrected chi connectivity index (χ1v) is 14.2. The molecular formula is C28H37N5O4S. The van der Waals surface area contributed by atoms with E-state index in [2.05, 4.69) is 23.3 Å². The van der Waals surface area contributed by atoms with Crippen LogP contribution in [0.2, 0.25) is 0 Å². The lowest BCUT2D eigenvalue weighted by molar-refractivity contribution is -0.146. The van der Waals surface area contributed by atoms with Crippen molar-refractivity contribution in [3.8, 4) is 6.07 Å². The number of nitrogens with one attached hydrogen (secondary N) is 2. The Morgan fingerprint density at radius 3 is 2.79 bits per heavy atom. The number of anilines is 2. The molecule has 1 saturated heterocycles. The van der Waals surface area contributed by atoms with Crippen LogP contribution in [0.25, 0.3) is 0 Å². The smallest absolute Gasteiger partial charge is 0.314 e. The summed E-state index contributed by atoms with van der Waals surface area (Å²) < 4.78 is 5.30. The van der Waals surface area contributed by atoms with E-state index < -0.39 is 22.7 Å². The number of carbonyl (C=O) groups is 3. The molecule has 4 rings (SSSR count). The zero-order valence-corrected chi connectivity index (χ0v) is 23.1. The number of nitriles is 1. The molecule has 1 aliphatic heterocycles. The Bertz CT molecular complexity index is 1120. The van der Waals surface area contributed by atoms with E-state index in [1.165, 1.54) is 6.08 Å². The van der Waals surface area contributed by atoms with Gasteiger partial charge < -0.3 is 20.3 Å². The minimum Gasteiger partial charge on any atom is -0.461 e. The SMILES string of the molecule is C=CCOC(=O)C1C(C#N)C12SC1CC(Nc3cccc(NC(=O)CN(C)CC)c3)CCC1C(=O)N2CC. The maximum Gasteiger partial charge on any atom is 0.314 e. The molecule has 1 aromatic rings. The van der Waals surface area contributed by atoms with Crippen LogP contribution in [0.5, 0.6) is 0 Å². The average molecular weight is 540 g/mol. The first-order valence-electron chi connectivity index (χ1n) is 13.3. The van der Waals surface area contributed by atoms with Crippen LogP contribution in [0.1, 0.15) is 33.1 Å². The Hall–Kier alpha value is -3.03. The Morgan fingerprint density at radius 2 is 2.11 bits per heavy atom. The van der Waals surface area contributed by atoms with E-state index in [4.69, 9.17) is 4.74 Å². The predicted molar refractivity (Wildman–Crippen MR) is 148 cm³/mol. The molecule has 3 aliphatic rings. The maximum atomic E-state index is 13.6. The van der Waals surface area contributed by atoms with Gasteiger partial charge in [-0.3, -0.25) is 19.3 Å². The molecule has 38 heavy (non-hydrogen) atoms. The first kappa shape index (κ1) is 28.0. The van der Waals surface area contributed by atoms with Crippen LogP contribution in [0.15, 0.2) is 36.9 Å². The van der Waals surface area contributed by atoms with E-state index in [-0.39, 0.29) is 35.6 Å². The Kier molecular flexibility index (Phi) is 8.68. The van der Waals surface area contributed by atoms with Crippen LogP contribution in [0, 0.1) is 29.1 Å². The second-order valence-corrected chi connectivity index (χ2v) is 11.7. The van der Waals surface area contributed by atoms with Crippen LogP contribution in [0.4, 0.5) is 11.4 Å². The van der Waals surface area contributed by atoms with Crippen molar-refractivity contribution in [1.29, 1.82) is 5.26 Å². The summed E-state index contributed by atoms with van der Waals surface area (Å²) >= 11 is 1.61. The fraction of sp³-hybridized carbons (Fsp3) is 0.571. The highest BCUT2D eigenvalue weighted by molar-refractivity contribution is 8.01. The van der Waals surface area contributed by atoms with Gasteiger partial charge in [0, 0.05) is 29.2 Å². The van der Waals surface area contributed by atoms with Gasteiger partial charge in [-0.15, -0.1) is 11.8 Å². The number of amides is 2. The first-order chi connectivity index (χ1) is 18.3. The molecule has 9 nitrogen and oxygen atoms in total. The van der Waals surface area contributed by atoms with Gasteiger partial charge in [0.15, 0.2) is 0 Å². The highest BCUT2D eigenvalue weighted by Gasteiger charge is 2.77. The third-order valence-corrected chi connectivity index (χ3v) is 9.71. The summed E-state index contributed by atoms with van der Waals surface area (Å²) in [7, 11) is 1.90. The predicted octanol–water partition coefficient (Wildman–Crippen LogP) is 3.32. The normalized spacial score (nSPS) is 29.8. The summed E-state index contributed by atoms with van der Waals surface area (Å²) in [6.07, 6.45) is 3.82. The van der Waals surface area contributed by atoms with E-state index in [0.29, 0.717) is 13.1 Å². The van der Waals surface area contributed by atoms with Gasteiger partial charge in [-0.2, -0.15) is 5.26 Å². The highest BCUT2D eigenvalue weighted by atomic mass is 32.2. The molecule has 2 aliphatic carbocycles. The van der Waals surface area contributed by atoms with Gasteiger partial charge >= 0.3 is 5.97 Å². The lowest BCUT2D eigenvalue weighted by Gasteiger charge is -2.47. The molecule has 1 spiro atoms. The molecule has 2 saturated carbocycles. The van der Waals surface area contributed by atoms with Crippen molar-refractivity contribution in [3.63, 3.8) is 0 Å². The number of esters is 1. The van der Waals surface area contributed by atoms with Crippen LogP contribution in [0.3, 0.4) is 0 Å². The molecule has 6 atom stereocenters. The van der Waals surface area contributed by atoms with Crippen molar-refractivity contribution in [3.05, 3.63) is 36.9 Å². The fourth-order valence-corrected chi connectivity index (χ4v) is 7.99. The number of hydrogen-bond donors (Lipinski definition) is 2. The third-order valence-electron chi connectivity index (χ3n) is 7.78. The number of ether oxygens (including phenoxy) is 1. The maximum absolute atomic E-state index is 13.6. The number of fused-ring (bicyclic) bond motifs is 1. The lowest BCUT2D eigenvalue weighted by atomic mass is 9.84. The quantitative estimate of drug-likeness (QED) is 0.344. The second kappa shape index (κ2) is 11.8. The van der Waals surface area contributed by atoms with E-state index in [0.717, 1.165) is 37.2 Å². The molecule has 6 unspecified atom stereocenters. The van der Waals surface area contributed by atoms with Gasteiger partial charge in [-0.05, 0) is 58.0 Å². The van der Waals surface area contributed by atoms with Crippen molar-refractivity contribution in [2.24, 2.45) is 17.8 Å². The second-order valence-electron chi connectivity index (χ2n) is 10.2. The molecule has 0 aromatic heterocycles. The number of hydrogen-bond acceptors (Lipinski definition) is 8. The molecule has 0 radical (unpaired) electrons. The zero-order chi connectivity index (χ0) is 27.4. The number of benzene rings is 1. The summed E-state index contributed by atoms with van der Waals surface area (Å²) in [5.74, 6) is -1.83. The Balaban J connectivity index is 1.45. The topological polar surface area (TPSA) is 115 Å². The molecule has 1 aromatic carbocycles. The highest BCUT2D eigenvalue weighted by Crippen LogP contribution is 2.67. The van der Waals surface area contributed by atoms with Crippen molar-refractivity contribution >= 4 is 40.9 Å². The molecule has 2 N–H and O–H groups in total. The van der Waals surface area contributed by atoms with Crippen molar-refractivity contribution in [2.45, 2.75) is 49.3 Å². The van der Waals surface area contributed by atoms with Gasteiger partial charge in [-0.25, -0.2) is 0 Å². The third kappa shape index (κ3) is 5.40. The van der Waals surface area contributed by atoms with E-state index in [1.807, 2.05) is 50.1 Å². The zero-order valence-electron chi connectivity index (χ0n) is 22.3. The molecule has 2 amide bonds. The number of nitrogens with zero attached hydrogens (tertiary/aromatic N) is 3. The van der Waals surface area contributed by atoms with Crippen LogP contribution in [-0.2, 0) is 19.1 Å².